The highest BCUT2D eigenvalue weighted by Gasteiger charge is 2.27. The van der Waals surface area contributed by atoms with Crippen LogP contribution in [-0.2, 0) is 0 Å². The first kappa shape index (κ1) is 15.0. The van der Waals surface area contributed by atoms with Crippen molar-refractivity contribution >= 4 is 17.2 Å². The summed E-state index contributed by atoms with van der Waals surface area (Å²) in [7, 11) is 0. The van der Waals surface area contributed by atoms with Crippen LogP contribution in [0, 0.1) is 11.8 Å². The van der Waals surface area contributed by atoms with Gasteiger partial charge in [-0.05, 0) is 38.3 Å². The molecule has 1 amide bonds. The molecule has 20 heavy (non-hydrogen) atoms. The van der Waals surface area contributed by atoms with Crippen LogP contribution in [0.2, 0.25) is 0 Å². The molecule has 1 aliphatic rings. The minimum absolute atomic E-state index is 0.0356. The fourth-order valence-corrected chi connectivity index (χ4v) is 3.13. The fraction of sp³-hybridized carbons (Fsp3) is 0.533. The highest BCUT2D eigenvalue weighted by Crippen LogP contribution is 2.24. The van der Waals surface area contributed by atoms with Crippen molar-refractivity contribution in [2.45, 2.75) is 31.8 Å². The zero-order valence-corrected chi connectivity index (χ0v) is 12.5. The summed E-state index contributed by atoms with van der Waals surface area (Å²) in [4.78, 5) is 15.8. The fourth-order valence-electron chi connectivity index (χ4n) is 2.28. The van der Waals surface area contributed by atoms with E-state index < -0.39 is 5.60 Å². The number of rotatable bonds is 1. The standard InChI is InChI=1S/C15H20N2O2S/c1-15(19)7-3-10-17(11-8-15)14(18)13-6-5-12(20-13)4-2-9-16/h5-6,19H,3,7-11,16H2,1H3. The Hall–Kier alpha value is -1.35. The van der Waals surface area contributed by atoms with E-state index in [0.717, 1.165) is 17.7 Å². The molecule has 4 nitrogen and oxygen atoms in total. The van der Waals surface area contributed by atoms with Crippen molar-refractivity contribution in [3.8, 4) is 11.8 Å². The van der Waals surface area contributed by atoms with Crippen molar-refractivity contribution in [3.63, 3.8) is 0 Å². The van der Waals surface area contributed by atoms with E-state index in [0.29, 0.717) is 30.9 Å². The van der Waals surface area contributed by atoms with E-state index in [9.17, 15) is 9.90 Å². The lowest BCUT2D eigenvalue weighted by atomic mass is 9.98. The van der Waals surface area contributed by atoms with Gasteiger partial charge in [0.15, 0.2) is 0 Å². The maximum atomic E-state index is 12.4. The van der Waals surface area contributed by atoms with Crippen molar-refractivity contribution in [1.29, 1.82) is 0 Å². The first-order valence-corrected chi connectivity index (χ1v) is 7.64. The monoisotopic (exact) mass is 292 g/mol. The van der Waals surface area contributed by atoms with Crippen LogP contribution in [0.1, 0.15) is 40.7 Å². The van der Waals surface area contributed by atoms with E-state index in [1.54, 1.807) is 0 Å². The summed E-state index contributed by atoms with van der Waals surface area (Å²) in [5, 5.41) is 10.1. The van der Waals surface area contributed by atoms with Gasteiger partial charge in [-0.25, -0.2) is 0 Å². The summed E-state index contributed by atoms with van der Waals surface area (Å²) in [5.74, 6) is 5.76. The summed E-state index contributed by atoms with van der Waals surface area (Å²) in [6, 6.07) is 3.67. The Bertz CT molecular complexity index is 540. The Morgan fingerprint density at radius 3 is 3.05 bits per heavy atom. The molecule has 1 aromatic heterocycles. The van der Waals surface area contributed by atoms with Gasteiger partial charge in [0.25, 0.3) is 5.91 Å². The molecule has 1 fully saturated rings. The highest BCUT2D eigenvalue weighted by molar-refractivity contribution is 7.14. The number of likely N-dealkylation sites (tertiary alicyclic amines) is 1. The second-order valence-electron chi connectivity index (χ2n) is 5.31. The number of thiophene rings is 1. The van der Waals surface area contributed by atoms with E-state index in [1.165, 1.54) is 11.3 Å². The molecular weight excluding hydrogens is 272 g/mol. The summed E-state index contributed by atoms with van der Waals surface area (Å²) in [6.45, 7) is 3.47. The summed E-state index contributed by atoms with van der Waals surface area (Å²) >= 11 is 1.40. The SMILES string of the molecule is CC1(O)CCCN(C(=O)c2ccc(C#CCN)s2)CC1. The lowest BCUT2D eigenvalue weighted by Gasteiger charge is -2.22. The maximum Gasteiger partial charge on any atom is 0.263 e. The molecule has 0 spiro atoms. The molecule has 1 unspecified atom stereocenters. The van der Waals surface area contributed by atoms with Gasteiger partial charge in [-0.1, -0.05) is 11.8 Å². The van der Waals surface area contributed by atoms with E-state index in [2.05, 4.69) is 11.8 Å². The van der Waals surface area contributed by atoms with E-state index in [-0.39, 0.29) is 5.91 Å². The van der Waals surface area contributed by atoms with Crippen LogP contribution in [0.4, 0.5) is 0 Å². The molecular formula is C15H20N2O2S. The van der Waals surface area contributed by atoms with Crippen LogP contribution in [0.15, 0.2) is 12.1 Å². The van der Waals surface area contributed by atoms with E-state index in [1.807, 2.05) is 24.0 Å². The molecule has 0 aromatic carbocycles. The minimum Gasteiger partial charge on any atom is -0.390 e. The van der Waals surface area contributed by atoms with E-state index in [4.69, 9.17) is 5.73 Å². The Morgan fingerprint density at radius 1 is 1.50 bits per heavy atom. The maximum absolute atomic E-state index is 12.4. The third-order valence-electron chi connectivity index (χ3n) is 3.48. The molecule has 0 saturated carbocycles. The molecule has 1 saturated heterocycles. The van der Waals surface area contributed by atoms with Crippen molar-refractivity contribution in [2.24, 2.45) is 5.73 Å². The second kappa shape index (κ2) is 6.40. The molecule has 2 rings (SSSR count). The summed E-state index contributed by atoms with van der Waals surface area (Å²) < 4.78 is 0. The second-order valence-corrected chi connectivity index (χ2v) is 6.40. The molecule has 5 heteroatoms. The van der Waals surface area contributed by atoms with Crippen molar-refractivity contribution in [3.05, 3.63) is 21.9 Å². The topological polar surface area (TPSA) is 66.6 Å². The average Bonchev–Trinajstić information content (AvgIpc) is 2.80. The first-order chi connectivity index (χ1) is 9.52. The van der Waals surface area contributed by atoms with Gasteiger partial charge in [-0.3, -0.25) is 4.79 Å². The molecule has 3 N–H and O–H groups in total. The number of carbonyl (C=O) groups is 1. The van der Waals surface area contributed by atoms with Gasteiger partial charge in [0.05, 0.1) is 21.9 Å². The van der Waals surface area contributed by atoms with Gasteiger partial charge in [0.2, 0.25) is 0 Å². The number of carbonyl (C=O) groups excluding carboxylic acids is 1. The molecule has 2 heterocycles. The van der Waals surface area contributed by atoms with Crippen LogP contribution in [0.5, 0.6) is 0 Å². The first-order valence-electron chi connectivity index (χ1n) is 6.82. The largest absolute Gasteiger partial charge is 0.390 e. The van der Waals surface area contributed by atoms with Crippen LogP contribution >= 0.6 is 11.3 Å². The average molecular weight is 292 g/mol. The number of nitrogens with two attached hydrogens (primary N) is 1. The van der Waals surface area contributed by atoms with Crippen molar-refractivity contribution < 1.29 is 9.90 Å². The number of hydrogen-bond donors (Lipinski definition) is 2. The van der Waals surface area contributed by atoms with Gasteiger partial charge in [-0.15, -0.1) is 11.3 Å². The summed E-state index contributed by atoms with van der Waals surface area (Å²) in [5.41, 5.74) is 4.68. The molecule has 0 bridgehead atoms. The molecule has 1 aliphatic heterocycles. The number of hydrogen-bond acceptors (Lipinski definition) is 4. The third-order valence-corrected chi connectivity index (χ3v) is 4.47. The smallest absolute Gasteiger partial charge is 0.263 e. The van der Waals surface area contributed by atoms with Crippen molar-refractivity contribution in [1.82, 2.24) is 4.90 Å². The Kier molecular flexibility index (Phi) is 4.81. The lowest BCUT2D eigenvalue weighted by Crippen LogP contribution is -2.33. The van der Waals surface area contributed by atoms with Crippen LogP contribution < -0.4 is 5.73 Å². The Morgan fingerprint density at radius 2 is 2.30 bits per heavy atom. The third kappa shape index (κ3) is 3.83. The lowest BCUT2D eigenvalue weighted by molar-refractivity contribution is 0.0438. The Balaban J connectivity index is 2.05. The van der Waals surface area contributed by atoms with E-state index >= 15 is 0 Å². The normalized spacial score (nSPS) is 22.9. The predicted octanol–water partition coefficient (Wildman–Crippen LogP) is 1.44. The van der Waals surface area contributed by atoms with Crippen molar-refractivity contribution in [2.75, 3.05) is 19.6 Å². The van der Waals surface area contributed by atoms with Gasteiger partial charge >= 0.3 is 0 Å². The zero-order valence-electron chi connectivity index (χ0n) is 11.7. The highest BCUT2D eigenvalue weighted by atomic mass is 32.1. The van der Waals surface area contributed by atoms with Crippen LogP contribution in [-0.4, -0.2) is 41.1 Å². The van der Waals surface area contributed by atoms with Gasteiger partial charge in [-0.2, -0.15) is 0 Å². The van der Waals surface area contributed by atoms with Gasteiger partial charge in [0, 0.05) is 13.1 Å². The molecule has 0 radical (unpaired) electrons. The molecule has 108 valence electrons. The predicted molar refractivity (Wildman–Crippen MR) is 80.6 cm³/mol. The van der Waals surface area contributed by atoms with Crippen LogP contribution in [0.25, 0.3) is 0 Å². The molecule has 1 aromatic rings. The van der Waals surface area contributed by atoms with Gasteiger partial charge < -0.3 is 15.7 Å². The number of amides is 1. The molecule has 1 atom stereocenters. The zero-order chi connectivity index (χ0) is 14.6. The molecule has 0 aliphatic carbocycles. The number of nitrogens with zero attached hydrogens (tertiary/aromatic N) is 1. The summed E-state index contributed by atoms with van der Waals surface area (Å²) in [6.07, 6.45) is 2.21. The minimum atomic E-state index is -0.651. The number of aliphatic hydroxyl groups is 1. The quantitative estimate of drug-likeness (QED) is 0.770. The Labute approximate surface area is 123 Å². The van der Waals surface area contributed by atoms with Crippen LogP contribution in [0.3, 0.4) is 0 Å². The van der Waals surface area contributed by atoms with Gasteiger partial charge in [0.1, 0.15) is 0 Å².